The molecule has 0 aliphatic heterocycles. The quantitative estimate of drug-likeness (QED) is 0.397. The average molecular weight is 357 g/mol. The van der Waals surface area contributed by atoms with Crippen molar-refractivity contribution in [1.82, 2.24) is 0 Å². The lowest BCUT2D eigenvalue weighted by atomic mass is 10.0. The van der Waals surface area contributed by atoms with E-state index in [0.29, 0.717) is 13.0 Å². The van der Waals surface area contributed by atoms with E-state index in [2.05, 4.69) is 33.9 Å². The first-order valence-electron chi connectivity index (χ1n) is 8.97. The Bertz CT molecular complexity index is 504. The van der Waals surface area contributed by atoms with Crippen LogP contribution >= 0.6 is 0 Å². The number of hydrogen-bond donors (Lipinski definition) is 0. The number of esters is 2. The summed E-state index contributed by atoms with van der Waals surface area (Å²) in [5.41, 5.74) is -1.37. The highest BCUT2D eigenvalue weighted by Gasteiger charge is 2.87. The van der Waals surface area contributed by atoms with Gasteiger partial charge in [-0.25, -0.2) is 0 Å². The summed E-state index contributed by atoms with van der Waals surface area (Å²) < 4.78 is 16.7. The summed E-state index contributed by atoms with van der Waals surface area (Å²) in [5, 5.41) is 0.151. The van der Waals surface area contributed by atoms with Crippen molar-refractivity contribution in [3.05, 3.63) is 0 Å². The molecule has 2 aliphatic carbocycles. The van der Waals surface area contributed by atoms with Gasteiger partial charge in [0.25, 0.3) is 0 Å². The summed E-state index contributed by atoms with van der Waals surface area (Å²) in [6, 6.07) is 0. The Hall–Kier alpha value is -0.883. The minimum absolute atomic E-state index is 0.151. The van der Waals surface area contributed by atoms with Crippen LogP contribution in [0.1, 0.15) is 47.5 Å². The highest BCUT2D eigenvalue weighted by atomic mass is 28.4. The van der Waals surface area contributed by atoms with Crippen molar-refractivity contribution < 1.29 is 23.5 Å². The van der Waals surface area contributed by atoms with Gasteiger partial charge in [0, 0.05) is 12.0 Å². The van der Waals surface area contributed by atoms with Gasteiger partial charge in [-0.3, -0.25) is 9.59 Å². The first-order valence-corrected chi connectivity index (χ1v) is 11.9. The summed E-state index contributed by atoms with van der Waals surface area (Å²) in [4.78, 5) is 24.9. The van der Waals surface area contributed by atoms with Crippen LogP contribution in [0.4, 0.5) is 0 Å². The van der Waals surface area contributed by atoms with Crippen molar-refractivity contribution >= 4 is 20.3 Å². The Labute approximate surface area is 146 Å². The number of rotatable bonds is 7. The van der Waals surface area contributed by atoms with Crippen LogP contribution in [-0.2, 0) is 23.5 Å². The van der Waals surface area contributed by atoms with E-state index in [9.17, 15) is 9.59 Å². The Morgan fingerprint density at radius 3 is 2.00 bits per heavy atom. The van der Waals surface area contributed by atoms with Crippen molar-refractivity contribution in [3.8, 4) is 0 Å². The summed E-state index contributed by atoms with van der Waals surface area (Å²) in [6.45, 7) is 15.8. The first-order chi connectivity index (χ1) is 11.0. The van der Waals surface area contributed by atoms with E-state index in [1.54, 1.807) is 13.8 Å². The molecule has 5 nitrogen and oxygen atoms in total. The number of ether oxygens (including phenoxy) is 2. The van der Waals surface area contributed by atoms with Gasteiger partial charge >= 0.3 is 11.9 Å². The third-order valence-corrected chi connectivity index (χ3v) is 10.7. The molecule has 2 aliphatic rings. The van der Waals surface area contributed by atoms with Crippen molar-refractivity contribution in [1.29, 1.82) is 0 Å². The second-order valence-corrected chi connectivity index (χ2v) is 13.5. The van der Waals surface area contributed by atoms with E-state index in [-0.39, 0.29) is 29.6 Å². The Morgan fingerprint density at radius 2 is 1.58 bits per heavy atom. The lowest BCUT2D eigenvalue weighted by Crippen LogP contribution is -2.41. The molecule has 0 bridgehead atoms. The Balaban J connectivity index is 2.05. The standard InChI is InChI=1S/C18H32O5Si/c1-8-21-14(19)18(15(20)22-9-2)12-17(18)10-13(17)11-23-24(6,7)16(3,4)5/h13H,8-12H2,1-7H3/t13-,17-/m1/s1. The zero-order valence-electron chi connectivity index (χ0n) is 16.2. The zero-order chi connectivity index (χ0) is 18.4. The number of carbonyl (C=O) groups excluding carboxylic acids is 2. The molecule has 0 aromatic heterocycles. The van der Waals surface area contributed by atoms with E-state index >= 15 is 0 Å². The monoisotopic (exact) mass is 356 g/mol. The molecule has 2 saturated carbocycles. The maximum Gasteiger partial charge on any atom is 0.324 e. The predicted molar refractivity (Wildman–Crippen MR) is 94.0 cm³/mol. The second-order valence-electron chi connectivity index (χ2n) is 8.65. The Kier molecular flexibility index (Phi) is 4.96. The predicted octanol–water partition coefficient (Wildman–Crippen LogP) is 3.53. The smallest absolute Gasteiger partial charge is 0.324 e. The maximum atomic E-state index is 12.4. The molecule has 0 aromatic rings. The molecular formula is C18H32O5Si. The molecule has 0 aromatic carbocycles. The fourth-order valence-electron chi connectivity index (χ4n) is 3.44. The van der Waals surface area contributed by atoms with Crippen LogP contribution in [0.3, 0.4) is 0 Å². The van der Waals surface area contributed by atoms with Gasteiger partial charge in [-0.15, -0.1) is 0 Å². The molecule has 1 spiro atoms. The van der Waals surface area contributed by atoms with Crippen LogP contribution in [-0.4, -0.2) is 40.1 Å². The van der Waals surface area contributed by atoms with Gasteiger partial charge in [-0.05, 0) is 50.7 Å². The molecule has 0 unspecified atom stereocenters. The van der Waals surface area contributed by atoms with Crippen LogP contribution in [0.2, 0.25) is 18.1 Å². The molecule has 0 saturated heterocycles. The Morgan fingerprint density at radius 1 is 1.08 bits per heavy atom. The SMILES string of the molecule is CCOC(=O)C1(C(=O)OCC)C[C@@]12C[C@@H]2CO[Si](C)(C)C(C)(C)C. The van der Waals surface area contributed by atoms with Crippen LogP contribution in [0, 0.1) is 16.7 Å². The molecule has 0 amide bonds. The van der Waals surface area contributed by atoms with Gasteiger partial charge in [0.1, 0.15) is 0 Å². The third kappa shape index (κ3) is 2.92. The lowest BCUT2D eigenvalue weighted by Gasteiger charge is -2.36. The highest BCUT2D eigenvalue weighted by Crippen LogP contribution is 2.82. The minimum atomic E-state index is -1.83. The number of hydrogen-bond acceptors (Lipinski definition) is 5. The molecule has 138 valence electrons. The van der Waals surface area contributed by atoms with Gasteiger partial charge in [0.2, 0.25) is 0 Å². The first kappa shape index (κ1) is 19.4. The summed E-state index contributed by atoms with van der Waals surface area (Å²) >= 11 is 0. The fraction of sp³-hybridized carbons (Fsp3) is 0.889. The lowest BCUT2D eigenvalue weighted by molar-refractivity contribution is -0.165. The fourth-order valence-corrected chi connectivity index (χ4v) is 4.49. The van der Waals surface area contributed by atoms with Crippen molar-refractivity contribution in [2.24, 2.45) is 16.7 Å². The molecule has 2 fully saturated rings. The highest BCUT2D eigenvalue weighted by molar-refractivity contribution is 6.74. The molecule has 24 heavy (non-hydrogen) atoms. The molecule has 6 heteroatoms. The van der Waals surface area contributed by atoms with Crippen LogP contribution in [0.15, 0.2) is 0 Å². The van der Waals surface area contributed by atoms with Crippen molar-refractivity contribution in [3.63, 3.8) is 0 Å². The molecule has 0 radical (unpaired) electrons. The third-order valence-electron chi connectivity index (χ3n) is 6.24. The van der Waals surface area contributed by atoms with Gasteiger partial charge in [0.15, 0.2) is 13.7 Å². The second kappa shape index (κ2) is 6.13. The van der Waals surface area contributed by atoms with Crippen molar-refractivity contribution in [2.75, 3.05) is 19.8 Å². The molecule has 0 heterocycles. The van der Waals surface area contributed by atoms with Crippen LogP contribution < -0.4 is 0 Å². The average Bonchev–Trinajstić information content (AvgIpc) is 3.33. The van der Waals surface area contributed by atoms with Gasteiger partial charge in [0.05, 0.1) is 13.2 Å². The molecular weight excluding hydrogens is 324 g/mol. The summed E-state index contributed by atoms with van der Waals surface area (Å²) in [5.74, 6) is -0.586. The molecule has 2 rings (SSSR count). The van der Waals surface area contributed by atoms with Crippen LogP contribution in [0.25, 0.3) is 0 Å². The largest absolute Gasteiger partial charge is 0.465 e. The van der Waals surface area contributed by atoms with E-state index < -0.39 is 25.7 Å². The van der Waals surface area contributed by atoms with Crippen LogP contribution in [0.5, 0.6) is 0 Å². The van der Waals surface area contributed by atoms with E-state index in [1.165, 1.54) is 0 Å². The van der Waals surface area contributed by atoms with Gasteiger partial charge in [-0.2, -0.15) is 0 Å². The van der Waals surface area contributed by atoms with E-state index in [0.717, 1.165) is 6.42 Å². The van der Waals surface area contributed by atoms with Gasteiger partial charge < -0.3 is 13.9 Å². The minimum Gasteiger partial charge on any atom is -0.465 e. The topological polar surface area (TPSA) is 61.8 Å². The normalized spacial score (nSPS) is 27.7. The zero-order valence-corrected chi connectivity index (χ0v) is 17.2. The molecule has 2 atom stereocenters. The summed E-state index contributed by atoms with van der Waals surface area (Å²) in [6.07, 6.45) is 1.39. The van der Waals surface area contributed by atoms with E-state index in [4.69, 9.17) is 13.9 Å². The van der Waals surface area contributed by atoms with Gasteiger partial charge in [-0.1, -0.05) is 20.8 Å². The van der Waals surface area contributed by atoms with E-state index in [1.807, 2.05) is 0 Å². The molecule has 0 N–H and O–H groups in total. The number of carbonyl (C=O) groups is 2. The maximum absolute atomic E-state index is 12.4. The van der Waals surface area contributed by atoms with Crippen molar-refractivity contribution in [2.45, 2.75) is 65.6 Å². The summed E-state index contributed by atoms with van der Waals surface area (Å²) in [7, 11) is -1.83.